The molecule has 0 spiro atoms. The summed E-state index contributed by atoms with van der Waals surface area (Å²) in [6.07, 6.45) is 5.59. The van der Waals surface area contributed by atoms with Crippen LogP contribution in [0.2, 0.25) is 0 Å². The molecule has 1 saturated carbocycles. The van der Waals surface area contributed by atoms with Crippen LogP contribution < -0.4 is 5.73 Å². The lowest BCUT2D eigenvalue weighted by Crippen LogP contribution is -2.52. The Morgan fingerprint density at radius 3 is 2.56 bits per heavy atom. The normalized spacial score (nSPS) is 29.9. The van der Waals surface area contributed by atoms with E-state index in [-0.39, 0.29) is 6.04 Å². The summed E-state index contributed by atoms with van der Waals surface area (Å²) in [5, 5.41) is 9.09. The summed E-state index contributed by atoms with van der Waals surface area (Å²) in [6, 6.07) is 0.764. The zero-order valence-electron chi connectivity index (χ0n) is 12.1. The average molecular weight is 256 g/mol. The van der Waals surface area contributed by atoms with E-state index in [4.69, 9.17) is 10.8 Å². The second-order valence-corrected chi connectivity index (χ2v) is 6.27. The third-order valence-electron chi connectivity index (χ3n) is 4.49. The molecule has 106 valence electrons. The molecule has 0 amide bonds. The molecule has 0 aromatic carbocycles. The lowest BCUT2D eigenvalue weighted by molar-refractivity contribution is -0.143. The van der Waals surface area contributed by atoms with Gasteiger partial charge in [0.25, 0.3) is 0 Å². The molecule has 4 atom stereocenters. The van der Waals surface area contributed by atoms with E-state index in [0.29, 0.717) is 18.4 Å². The quantitative estimate of drug-likeness (QED) is 0.790. The van der Waals surface area contributed by atoms with Crippen LogP contribution in [0, 0.1) is 5.92 Å². The number of nitrogens with two attached hydrogens (primary N) is 1. The standard InChI is InChI=1S/C14H28N2O2/c1-10-7-5-6-8-12(10)16(4)11(2)9-14(3,15)13(17)18/h10-12H,5-9,15H2,1-4H3,(H,17,18). The summed E-state index contributed by atoms with van der Waals surface area (Å²) < 4.78 is 0. The molecular formula is C14H28N2O2. The molecule has 0 aromatic heterocycles. The number of rotatable bonds is 5. The minimum Gasteiger partial charge on any atom is -0.480 e. The Bertz CT molecular complexity index is 292. The molecule has 3 N–H and O–H groups in total. The van der Waals surface area contributed by atoms with Crippen molar-refractivity contribution >= 4 is 5.97 Å². The monoisotopic (exact) mass is 256 g/mol. The van der Waals surface area contributed by atoms with Crippen LogP contribution in [0.1, 0.15) is 52.9 Å². The molecule has 18 heavy (non-hydrogen) atoms. The minimum atomic E-state index is -1.13. The van der Waals surface area contributed by atoms with Crippen molar-refractivity contribution in [1.29, 1.82) is 0 Å². The van der Waals surface area contributed by atoms with E-state index in [1.165, 1.54) is 25.7 Å². The van der Waals surface area contributed by atoms with Crippen LogP contribution in [0.15, 0.2) is 0 Å². The molecule has 0 heterocycles. The summed E-state index contributed by atoms with van der Waals surface area (Å²) in [7, 11) is 2.11. The number of hydrogen-bond donors (Lipinski definition) is 2. The number of carboxylic acids is 1. The molecule has 0 bridgehead atoms. The van der Waals surface area contributed by atoms with Crippen molar-refractivity contribution in [2.45, 2.75) is 70.5 Å². The van der Waals surface area contributed by atoms with Gasteiger partial charge in [0.15, 0.2) is 0 Å². The highest BCUT2D eigenvalue weighted by Gasteiger charge is 2.34. The molecule has 0 aliphatic heterocycles. The third-order valence-corrected chi connectivity index (χ3v) is 4.49. The second kappa shape index (κ2) is 6.02. The van der Waals surface area contributed by atoms with E-state index in [2.05, 4.69) is 25.8 Å². The largest absolute Gasteiger partial charge is 0.480 e. The smallest absolute Gasteiger partial charge is 0.323 e. The van der Waals surface area contributed by atoms with Crippen LogP contribution in [0.3, 0.4) is 0 Å². The van der Waals surface area contributed by atoms with Crippen LogP contribution in [0.5, 0.6) is 0 Å². The van der Waals surface area contributed by atoms with E-state index in [9.17, 15) is 4.79 Å². The SMILES string of the molecule is CC1CCCCC1N(C)C(C)CC(C)(N)C(=O)O. The summed E-state index contributed by atoms with van der Waals surface area (Å²) in [5.74, 6) is -0.223. The van der Waals surface area contributed by atoms with Crippen LogP contribution in [-0.4, -0.2) is 40.6 Å². The van der Waals surface area contributed by atoms with Gasteiger partial charge in [-0.2, -0.15) is 0 Å². The van der Waals surface area contributed by atoms with Crippen molar-refractivity contribution in [2.75, 3.05) is 7.05 Å². The summed E-state index contributed by atoms with van der Waals surface area (Å²) >= 11 is 0. The molecular weight excluding hydrogens is 228 g/mol. The Morgan fingerprint density at radius 1 is 1.50 bits per heavy atom. The molecule has 1 fully saturated rings. The number of carboxylic acid groups (broad SMARTS) is 1. The Labute approximate surface area is 111 Å². The van der Waals surface area contributed by atoms with Gasteiger partial charge < -0.3 is 15.7 Å². The number of nitrogens with zero attached hydrogens (tertiary/aromatic N) is 1. The van der Waals surface area contributed by atoms with E-state index < -0.39 is 11.5 Å². The third kappa shape index (κ3) is 3.69. The average Bonchev–Trinajstić information content (AvgIpc) is 2.28. The van der Waals surface area contributed by atoms with E-state index in [1.807, 2.05) is 0 Å². The maximum absolute atomic E-state index is 11.1. The van der Waals surface area contributed by atoms with Gasteiger partial charge in [-0.3, -0.25) is 4.79 Å². The Morgan fingerprint density at radius 2 is 2.06 bits per heavy atom. The van der Waals surface area contributed by atoms with Crippen molar-refractivity contribution in [2.24, 2.45) is 11.7 Å². The van der Waals surface area contributed by atoms with Gasteiger partial charge in [0, 0.05) is 12.1 Å². The molecule has 1 rings (SSSR count). The summed E-state index contributed by atoms with van der Waals surface area (Å²) in [5.41, 5.74) is 4.70. The van der Waals surface area contributed by atoms with Gasteiger partial charge in [-0.15, -0.1) is 0 Å². The first-order chi connectivity index (χ1) is 8.25. The highest BCUT2D eigenvalue weighted by atomic mass is 16.4. The first-order valence-corrected chi connectivity index (χ1v) is 7.00. The highest BCUT2D eigenvalue weighted by molar-refractivity contribution is 5.77. The summed E-state index contributed by atoms with van der Waals surface area (Å²) in [6.45, 7) is 5.98. The van der Waals surface area contributed by atoms with Crippen LogP contribution in [0.4, 0.5) is 0 Å². The molecule has 4 nitrogen and oxygen atoms in total. The van der Waals surface area contributed by atoms with Crippen molar-refractivity contribution in [1.82, 2.24) is 4.90 Å². The van der Waals surface area contributed by atoms with Crippen LogP contribution >= 0.6 is 0 Å². The maximum atomic E-state index is 11.1. The van der Waals surface area contributed by atoms with Crippen molar-refractivity contribution < 1.29 is 9.90 Å². The van der Waals surface area contributed by atoms with Crippen molar-refractivity contribution in [3.8, 4) is 0 Å². The number of carbonyl (C=O) groups is 1. The fourth-order valence-electron chi connectivity index (χ4n) is 3.07. The predicted octanol–water partition coefficient (Wildman–Crippen LogP) is 2.08. The van der Waals surface area contributed by atoms with Crippen LogP contribution in [-0.2, 0) is 4.79 Å². The van der Waals surface area contributed by atoms with Gasteiger partial charge in [0.05, 0.1) is 0 Å². The maximum Gasteiger partial charge on any atom is 0.323 e. The van der Waals surface area contributed by atoms with Crippen molar-refractivity contribution in [3.63, 3.8) is 0 Å². The number of aliphatic carboxylic acids is 1. The molecule has 4 heteroatoms. The van der Waals surface area contributed by atoms with Crippen LogP contribution in [0.25, 0.3) is 0 Å². The molecule has 0 radical (unpaired) electrons. The fourth-order valence-corrected chi connectivity index (χ4v) is 3.07. The fraction of sp³-hybridized carbons (Fsp3) is 0.929. The first kappa shape index (κ1) is 15.4. The molecule has 4 unspecified atom stereocenters. The Hall–Kier alpha value is -0.610. The topological polar surface area (TPSA) is 66.6 Å². The molecule has 0 aromatic rings. The molecule has 1 aliphatic carbocycles. The number of hydrogen-bond acceptors (Lipinski definition) is 3. The Balaban J connectivity index is 2.60. The first-order valence-electron chi connectivity index (χ1n) is 7.00. The zero-order chi connectivity index (χ0) is 13.9. The zero-order valence-corrected chi connectivity index (χ0v) is 12.1. The van der Waals surface area contributed by atoms with E-state index in [1.54, 1.807) is 6.92 Å². The predicted molar refractivity (Wildman–Crippen MR) is 73.5 cm³/mol. The minimum absolute atomic E-state index is 0.196. The van der Waals surface area contributed by atoms with Gasteiger partial charge in [0.1, 0.15) is 5.54 Å². The summed E-state index contributed by atoms with van der Waals surface area (Å²) in [4.78, 5) is 13.4. The van der Waals surface area contributed by atoms with Gasteiger partial charge >= 0.3 is 5.97 Å². The van der Waals surface area contributed by atoms with E-state index in [0.717, 1.165) is 0 Å². The lowest BCUT2D eigenvalue weighted by atomic mass is 9.83. The van der Waals surface area contributed by atoms with E-state index >= 15 is 0 Å². The highest BCUT2D eigenvalue weighted by Crippen LogP contribution is 2.29. The Kier molecular flexibility index (Phi) is 5.17. The second-order valence-electron chi connectivity index (χ2n) is 6.27. The molecule has 0 saturated heterocycles. The van der Waals surface area contributed by atoms with Gasteiger partial charge in [-0.1, -0.05) is 19.8 Å². The van der Waals surface area contributed by atoms with Gasteiger partial charge in [-0.05, 0) is 46.1 Å². The van der Waals surface area contributed by atoms with Crippen molar-refractivity contribution in [3.05, 3.63) is 0 Å². The van der Waals surface area contributed by atoms with Gasteiger partial charge in [-0.25, -0.2) is 0 Å². The molecule has 1 aliphatic rings. The van der Waals surface area contributed by atoms with Gasteiger partial charge in [0.2, 0.25) is 0 Å². The lowest BCUT2D eigenvalue weighted by Gasteiger charge is -2.41.